The molecule has 0 aliphatic heterocycles. The lowest BCUT2D eigenvalue weighted by Gasteiger charge is -2.18. The monoisotopic (exact) mass is 551 g/mol. The number of aliphatic hydroxyl groups excluding tert-OH is 1. The lowest BCUT2D eigenvalue weighted by molar-refractivity contribution is 0.0686. The van der Waals surface area contributed by atoms with Crippen molar-refractivity contribution in [1.29, 1.82) is 0 Å². The molecular formula is C28H33N5O5S. The van der Waals surface area contributed by atoms with Crippen LogP contribution in [0.1, 0.15) is 40.2 Å². The van der Waals surface area contributed by atoms with Gasteiger partial charge in [0, 0.05) is 48.8 Å². The van der Waals surface area contributed by atoms with Gasteiger partial charge in [-0.15, -0.1) is 0 Å². The molecule has 4 aromatic rings. The standard InChI is InChI=1S/C28H33N5O5S/c1-18(30-16-26(34)21-8-10-27(29)31-15-21)11-19-7-9-24-22(12-19)14-25(28(35)36)33(24)17-20-5-4-6-23(13-20)32(2)39(3,37)38/h4-10,12-15,18,26,30,34H,11,16-17H2,1-3H3,(H2,29,31)(H,35,36). The highest BCUT2D eigenvalue weighted by atomic mass is 32.2. The maximum Gasteiger partial charge on any atom is 0.352 e. The smallest absolute Gasteiger partial charge is 0.352 e. The third kappa shape index (κ3) is 6.75. The van der Waals surface area contributed by atoms with Crippen LogP contribution in [0.2, 0.25) is 0 Å². The number of hydrogen-bond donors (Lipinski definition) is 4. The van der Waals surface area contributed by atoms with Crippen molar-refractivity contribution in [2.75, 3.05) is 29.9 Å². The third-order valence-corrected chi connectivity index (χ3v) is 7.90. The molecule has 0 fully saturated rings. The number of rotatable bonds is 11. The molecule has 0 aliphatic rings. The fourth-order valence-corrected chi connectivity index (χ4v) is 4.99. The number of carboxylic acids is 1. The highest BCUT2D eigenvalue weighted by Gasteiger charge is 2.18. The van der Waals surface area contributed by atoms with Gasteiger partial charge in [0.05, 0.1) is 18.0 Å². The second-order valence-corrected chi connectivity index (χ2v) is 11.8. The van der Waals surface area contributed by atoms with Crippen LogP contribution in [-0.4, -0.2) is 60.0 Å². The summed E-state index contributed by atoms with van der Waals surface area (Å²) in [5.74, 6) is -0.644. The highest BCUT2D eigenvalue weighted by molar-refractivity contribution is 7.92. The summed E-state index contributed by atoms with van der Waals surface area (Å²) in [5, 5.41) is 24.4. The zero-order chi connectivity index (χ0) is 28.3. The van der Waals surface area contributed by atoms with Crippen molar-refractivity contribution in [2.45, 2.75) is 32.0 Å². The minimum Gasteiger partial charge on any atom is -0.477 e. The van der Waals surface area contributed by atoms with Gasteiger partial charge in [0.1, 0.15) is 11.5 Å². The van der Waals surface area contributed by atoms with E-state index in [4.69, 9.17) is 5.73 Å². The summed E-state index contributed by atoms with van der Waals surface area (Å²) in [7, 11) is -1.94. The SMILES string of the molecule is CC(Cc1ccc2c(c1)cc(C(=O)O)n2Cc1cccc(N(C)S(C)(=O)=O)c1)NCC(O)c1ccc(N)nc1. The summed E-state index contributed by atoms with van der Waals surface area (Å²) in [6, 6.07) is 18.0. The number of fused-ring (bicyclic) bond motifs is 1. The van der Waals surface area contributed by atoms with Gasteiger partial charge in [-0.3, -0.25) is 4.31 Å². The molecule has 5 N–H and O–H groups in total. The number of sulfonamides is 1. The first-order chi connectivity index (χ1) is 18.4. The van der Waals surface area contributed by atoms with Gasteiger partial charge < -0.3 is 25.8 Å². The van der Waals surface area contributed by atoms with Crippen LogP contribution in [0.25, 0.3) is 10.9 Å². The Bertz CT molecular complexity index is 1580. The second-order valence-electron chi connectivity index (χ2n) is 9.76. The van der Waals surface area contributed by atoms with Crippen LogP contribution in [-0.2, 0) is 23.0 Å². The van der Waals surface area contributed by atoms with Crippen LogP contribution in [0.15, 0.2) is 66.9 Å². The number of nitrogens with one attached hydrogen (secondary N) is 1. The Labute approximate surface area is 227 Å². The van der Waals surface area contributed by atoms with Crippen molar-refractivity contribution in [3.05, 3.63) is 89.2 Å². The second kappa shape index (κ2) is 11.4. The van der Waals surface area contributed by atoms with Crippen LogP contribution in [0.5, 0.6) is 0 Å². The molecule has 2 atom stereocenters. The normalized spacial score (nSPS) is 13.3. The van der Waals surface area contributed by atoms with Gasteiger partial charge in [-0.1, -0.05) is 24.3 Å². The largest absolute Gasteiger partial charge is 0.477 e. The number of aromatic nitrogens is 2. The molecule has 2 aromatic carbocycles. The van der Waals surface area contributed by atoms with Crippen LogP contribution in [0.4, 0.5) is 11.5 Å². The van der Waals surface area contributed by atoms with Gasteiger partial charge in [-0.25, -0.2) is 18.2 Å². The van der Waals surface area contributed by atoms with Crippen molar-refractivity contribution in [1.82, 2.24) is 14.9 Å². The molecule has 11 heteroatoms. The van der Waals surface area contributed by atoms with Gasteiger partial charge in [0.25, 0.3) is 0 Å². The molecule has 2 unspecified atom stereocenters. The zero-order valence-corrected chi connectivity index (χ0v) is 22.9. The summed E-state index contributed by atoms with van der Waals surface area (Å²) in [4.78, 5) is 16.1. The molecule has 0 radical (unpaired) electrons. The summed E-state index contributed by atoms with van der Waals surface area (Å²) in [6.45, 7) is 2.64. The summed E-state index contributed by atoms with van der Waals surface area (Å²) in [5.41, 5.74) is 9.51. The number of carbonyl (C=O) groups is 1. The molecule has 0 saturated heterocycles. The Morgan fingerprint density at radius 1 is 1.13 bits per heavy atom. The Balaban J connectivity index is 1.50. The molecule has 10 nitrogen and oxygen atoms in total. The van der Waals surface area contributed by atoms with Crippen molar-refractivity contribution in [3.8, 4) is 0 Å². The van der Waals surface area contributed by atoms with Gasteiger partial charge in [-0.05, 0) is 60.9 Å². The Kier molecular flexibility index (Phi) is 8.24. The van der Waals surface area contributed by atoms with Gasteiger partial charge in [-0.2, -0.15) is 0 Å². The van der Waals surface area contributed by atoms with E-state index in [2.05, 4.69) is 10.3 Å². The minimum absolute atomic E-state index is 0.0504. The molecule has 0 spiro atoms. The van der Waals surface area contributed by atoms with E-state index < -0.39 is 22.1 Å². The number of nitrogens with two attached hydrogens (primary N) is 1. The van der Waals surface area contributed by atoms with Crippen LogP contribution >= 0.6 is 0 Å². The Morgan fingerprint density at radius 3 is 2.56 bits per heavy atom. The number of nitrogen functional groups attached to an aromatic ring is 1. The van der Waals surface area contributed by atoms with Crippen LogP contribution < -0.4 is 15.4 Å². The number of nitrogens with zero attached hydrogens (tertiary/aromatic N) is 3. The fraction of sp³-hybridized carbons (Fsp3) is 0.286. The quantitative estimate of drug-likeness (QED) is 0.222. The van der Waals surface area contributed by atoms with E-state index >= 15 is 0 Å². The van der Waals surface area contributed by atoms with E-state index in [1.165, 1.54) is 11.4 Å². The Hall–Kier alpha value is -3.93. The van der Waals surface area contributed by atoms with Crippen molar-refractivity contribution >= 4 is 38.4 Å². The number of pyridine rings is 1. The first-order valence-electron chi connectivity index (χ1n) is 12.4. The molecule has 0 aliphatic carbocycles. The molecule has 0 saturated carbocycles. The van der Waals surface area contributed by atoms with Gasteiger partial charge >= 0.3 is 5.97 Å². The number of hydrogen-bond acceptors (Lipinski definition) is 7. The first kappa shape index (κ1) is 28.1. The zero-order valence-electron chi connectivity index (χ0n) is 22.1. The summed E-state index contributed by atoms with van der Waals surface area (Å²) in [6.07, 6.45) is 2.65. The number of carboxylic acid groups (broad SMARTS) is 1. The number of benzene rings is 2. The molecular weight excluding hydrogens is 518 g/mol. The highest BCUT2D eigenvalue weighted by Crippen LogP contribution is 2.25. The Morgan fingerprint density at radius 2 is 1.90 bits per heavy atom. The minimum atomic E-state index is -3.42. The average molecular weight is 552 g/mol. The third-order valence-electron chi connectivity index (χ3n) is 6.69. The average Bonchev–Trinajstić information content (AvgIpc) is 3.24. The van der Waals surface area contributed by atoms with Crippen molar-refractivity contribution < 1.29 is 23.4 Å². The van der Waals surface area contributed by atoms with Crippen LogP contribution in [0.3, 0.4) is 0 Å². The maximum atomic E-state index is 12.1. The molecule has 0 bridgehead atoms. The van der Waals surface area contributed by atoms with E-state index in [0.717, 1.165) is 28.3 Å². The van der Waals surface area contributed by atoms with Crippen molar-refractivity contribution in [3.63, 3.8) is 0 Å². The summed E-state index contributed by atoms with van der Waals surface area (Å²) < 4.78 is 26.8. The van der Waals surface area contributed by atoms with Gasteiger partial charge in [0.2, 0.25) is 10.0 Å². The van der Waals surface area contributed by atoms with E-state index in [0.29, 0.717) is 30.0 Å². The first-order valence-corrected chi connectivity index (χ1v) is 14.3. The topological polar surface area (TPSA) is 151 Å². The van der Waals surface area contributed by atoms with Crippen LogP contribution in [0, 0.1) is 0 Å². The molecule has 206 valence electrons. The van der Waals surface area contributed by atoms with E-state index in [1.54, 1.807) is 47.2 Å². The number of aromatic carboxylic acids is 1. The predicted octanol–water partition coefficient (Wildman–Crippen LogP) is 3.02. The van der Waals surface area contributed by atoms with Gasteiger partial charge in [0.15, 0.2) is 0 Å². The van der Waals surface area contributed by atoms with E-state index in [-0.39, 0.29) is 18.3 Å². The lowest BCUT2D eigenvalue weighted by atomic mass is 10.0. The number of anilines is 2. The number of aliphatic hydroxyl groups is 1. The lowest BCUT2D eigenvalue weighted by Crippen LogP contribution is -2.32. The molecule has 2 heterocycles. The molecule has 0 amide bonds. The van der Waals surface area contributed by atoms with E-state index in [9.17, 15) is 23.4 Å². The molecule has 2 aromatic heterocycles. The van der Waals surface area contributed by atoms with Crippen molar-refractivity contribution in [2.24, 2.45) is 0 Å². The predicted molar refractivity (Wildman–Crippen MR) is 152 cm³/mol. The molecule has 39 heavy (non-hydrogen) atoms. The fourth-order valence-electron chi connectivity index (χ4n) is 4.49. The van der Waals surface area contributed by atoms with E-state index in [1.807, 2.05) is 31.2 Å². The maximum absolute atomic E-state index is 12.1. The molecule has 4 rings (SSSR count). The summed E-state index contributed by atoms with van der Waals surface area (Å²) >= 11 is 0.